The number of rotatable bonds is 3. The fourth-order valence-electron chi connectivity index (χ4n) is 1.63. The zero-order valence-corrected chi connectivity index (χ0v) is 10.8. The van der Waals surface area contributed by atoms with E-state index >= 15 is 0 Å². The van der Waals surface area contributed by atoms with Crippen LogP contribution in [0, 0.1) is 25.2 Å². The lowest BCUT2D eigenvalue weighted by molar-refractivity contribution is 0.0745. The SMILES string of the molecule is Cc1ccc(C)c(C(=O)N(C)C(C)CC#N)c1. The van der Waals surface area contributed by atoms with Crippen LogP contribution in [0.5, 0.6) is 0 Å². The van der Waals surface area contributed by atoms with Gasteiger partial charge in [-0.15, -0.1) is 0 Å². The molecule has 0 saturated heterocycles. The van der Waals surface area contributed by atoms with E-state index in [1.807, 2.05) is 39.0 Å². The van der Waals surface area contributed by atoms with Crippen LogP contribution in [0.25, 0.3) is 0 Å². The largest absolute Gasteiger partial charge is 0.338 e. The summed E-state index contributed by atoms with van der Waals surface area (Å²) in [6.45, 7) is 5.77. The van der Waals surface area contributed by atoms with Crippen molar-refractivity contribution in [2.75, 3.05) is 7.05 Å². The summed E-state index contributed by atoms with van der Waals surface area (Å²) in [6.07, 6.45) is 0.354. The average molecular weight is 230 g/mol. The number of hydrogen-bond acceptors (Lipinski definition) is 2. The summed E-state index contributed by atoms with van der Waals surface area (Å²) in [5.41, 5.74) is 2.76. The molecule has 1 aromatic carbocycles. The summed E-state index contributed by atoms with van der Waals surface area (Å²) in [6, 6.07) is 7.86. The van der Waals surface area contributed by atoms with Crippen molar-refractivity contribution in [3.8, 4) is 6.07 Å². The predicted octanol–water partition coefficient (Wildman–Crippen LogP) is 2.68. The van der Waals surface area contributed by atoms with E-state index in [-0.39, 0.29) is 11.9 Å². The smallest absolute Gasteiger partial charge is 0.254 e. The maximum atomic E-state index is 12.3. The third-order valence-electron chi connectivity index (χ3n) is 2.99. The summed E-state index contributed by atoms with van der Waals surface area (Å²) < 4.78 is 0. The number of aryl methyl sites for hydroxylation is 2. The van der Waals surface area contributed by atoms with Gasteiger partial charge in [-0.1, -0.05) is 17.7 Å². The van der Waals surface area contributed by atoms with E-state index in [1.165, 1.54) is 0 Å². The lowest BCUT2D eigenvalue weighted by Gasteiger charge is -2.23. The van der Waals surface area contributed by atoms with Gasteiger partial charge in [-0.3, -0.25) is 4.79 Å². The Morgan fingerprint density at radius 1 is 1.47 bits per heavy atom. The van der Waals surface area contributed by atoms with Crippen LogP contribution < -0.4 is 0 Å². The first kappa shape index (κ1) is 13.2. The molecule has 0 aromatic heterocycles. The molecular formula is C14H18N2O. The molecule has 90 valence electrons. The van der Waals surface area contributed by atoms with E-state index in [2.05, 4.69) is 6.07 Å². The fourth-order valence-corrected chi connectivity index (χ4v) is 1.63. The minimum absolute atomic E-state index is 0.0195. The molecule has 0 radical (unpaired) electrons. The lowest BCUT2D eigenvalue weighted by atomic mass is 10.0. The molecule has 1 amide bonds. The van der Waals surface area contributed by atoms with Crippen LogP contribution in [-0.2, 0) is 0 Å². The molecule has 0 spiro atoms. The van der Waals surface area contributed by atoms with Crippen LogP contribution in [0.1, 0.15) is 34.8 Å². The molecule has 17 heavy (non-hydrogen) atoms. The molecule has 1 rings (SSSR count). The lowest BCUT2D eigenvalue weighted by Crippen LogP contribution is -2.35. The highest BCUT2D eigenvalue weighted by Crippen LogP contribution is 2.14. The molecule has 1 unspecified atom stereocenters. The predicted molar refractivity (Wildman–Crippen MR) is 67.7 cm³/mol. The van der Waals surface area contributed by atoms with Crippen LogP contribution in [0.2, 0.25) is 0 Å². The number of amides is 1. The Labute approximate surface area is 103 Å². The Kier molecular flexibility index (Phi) is 4.28. The van der Waals surface area contributed by atoms with Gasteiger partial charge in [0.2, 0.25) is 0 Å². The Morgan fingerprint density at radius 2 is 2.12 bits per heavy atom. The zero-order valence-electron chi connectivity index (χ0n) is 10.8. The molecule has 0 aliphatic carbocycles. The molecule has 0 aliphatic heterocycles. The second kappa shape index (κ2) is 5.49. The summed E-state index contributed by atoms with van der Waals surface area (Å²) in [5.74, 6) is -0.0195. The molecule has 3 heteroatoms. The molecule has 1 aromatic rings. The Bertz CT molecular complexity index is 460. The van der Waals surface area contributed by atoms with Gasteiger partial charge in [0, 0.05) is 18.7 Å². The minimum Gasteiger partial charge on any atom is -0.338 e. The first-order chi connectivity index (χ1) is 7.97. The summed E-state index contributed by atoms with van der Waals surface area (Å²) >= 11 is 0. The van der Waals surface area contributed by atoms with E-state index in [0.717, 1.165) is 16.7 Å². The molecule has 0 fully saturated rings. The quantitative estimate of drug-likeness (QED) is 0.801. The van der Waals surface area contributed by atoms with Gasteiger partial charge in [-0.2, -0.15) is 5.26 Å². The highest BCUT2D eigenvalue weighted by Gasteiger charge is 2.18. The summed E-state index contributed by atoms with van der Waals surface area (Å²) in [4.78, 5) is 13.9. The molecule has 0 heterocycles. The molecular weight excluding hydrogens is 212 g/mol. The van der Waals surface area contributed by atoms with Gasteiger partial charge < -0.3 is 4.90 Å². The van der Waals surface area contributed by atoms with Crippen LogP contribution in [0.4, 0.5) is 0 Å². The van der Waals surface area contributed by atoms with Gasteiger partial charge in [0.15, 0.2) is 0 Å². The van der Waals surface area contributed by atoms with Crippen molar-refractivity contribution in [3.05, 3.63) is 34.9 Å². The number of nitrogens with zero attached hydrogens (tertiary/aromatic N) is 2. The van der Waals surface area contributed by atoms with Gasteiger partial charge in [-0.25, -0.2) is 0 Å². The van der Waals surface area contributed by atoms with Gasteiger partial charge in [0.05, 0.1) is 12.5 Å². The second-order valence-corrected chi connectivity index (χ2v) is 4.45. The number of benzene rings is 1. The van der Waals surface area contributed by atoms with Crippen molar-refractivity contribution in [1.82, 2.24) is 4.90 Å². The van der Waals surface area contributed by atoms with Crippen LogP contribution in [-0.4, -0.2) is 23.9 Å². The highest BCUT2D eigenvalue weighted by molar-refractivity contribution is 5.95. The summed E-state index contributed by atoms with van der Waals surface area (Å²) in [5, 5.41) is 8.65. The molecule has 0 bridgehead atoms. The van der Waals surface area contributed by atoms with E-state index < -0.39 is 0 Å². The van der Waals surface area contributed by atoms with Crippen molar-refractivity contribution < 1.29 is 4.79 Å². The molecule has 0 N–H and O–H groups in total. The van der Waals surface area contributed by atoms with Gasteiger partial charge in [0.25, 0.3) is 5.91 Å². The van der Waals surface area contributed by atoms with Gasteiger partial charge in [-0.05, 0) is 32.4 Å². The first-order valence-corrected chi connectivity index (χ1v) is 5.68. The summed E-state index contributed by atoms with van der Waals surface area (Å²) in [7, 11) is 1.74. The maximum absolute atomic E-state index is 12.3. The first-order valence-electron chi connectivity index (χ1n) is 5.68. The monoisotopic (exact) mass is 230 g/mol. The van der Waals surface area contributed by atoms with E-state index in [9.17, 15) is 4.79 Å². The Hall–Kier alpha value is -1.82. The van der Waals surface area contributed by atoms with E-state index in [1.54, 1.807) is 11.9 Å². The Balaban J connectivity index is 2.96. The number of carbonyl (C=O) groups excluding carboxylic acids is 1. The Morgan fingerprint density at radius 3 is 2.71 bits per heavy atom. The number of hydrogen-bond donors (Lipinski definition) is 0. The molecule has 0 saturated carbocycles. The average Bonchev–Trinajstić information content (AvgIpc) is 2.30. The van der Waals surface area contributed by atoms with Crippen molar-refractivity contribution in [3.63, 3.8) is 0 Å². The molecule has 0 aliphatic rings. The van der Waals surface area contributed by atoms with Crippen LogP contribution in [0.3, 0.4) is 0 Å². The van der Waals surface area contributed by atoms with Crippen molar-refractivity contribution >= 4 is 5.91 Å². The number of carbonyl (C=O) groups is 1. The third-order valence-corrected chi connectivity index (χ3v) is 2.99. The van der Waals surface area contributed by atoms with Crippen molar-refractivity contribution in [1.29, 1.82) is 5.26 Å². The maximum Gasteiger partial charge on any atom is 0.254 e. The third kappa shape index (κ3) is 3.07. The minimum atomic E-state index is -0.0626. The fraction of sp³-hybridized carbons (Fsp3) is 0.429. The van der Waals surface area contributed by atoms with Crippen molar-refractivity contribution in [2.45, 2.75) is 33.2 Å². The van der Waals surface area contributed by atoms with E-state index in [0.29, 0.717) is 6.42 Å². The topological polar surface area (TPSA) is 44.1 Å². The van der Waals surface area contributed by atoms with Gasteiger partial charge in [0.1, 0.15) is 0 Å². The number of nitriles is 1. The van der Waals surface area contributed by atoms with Gasteiger partial charge >= 0.3 is 0 Å². The highest BCUT2D eigenvalue weighted by atomic mass is 16.2. The standard InChI is InChI=1S/C14H18N2O/c1-10-5-6-11(2)13(9-10)14(17)16(4)12(3)7-8-15/h5-6,9,12H,7H2,1-4H3. The second-order valence-electron chi connectivity index (χ2n) is 4.45. The zero-order chi connectivity index (χ0) is 13.0. The molecule has 3 nitrogen and oxygen atoms in total. The van der Waals surface area contributed by atoms with E-state index in [4.69, 9.17) is 5.26 Å². The normalized spacial score (nSPS) is 11.7. The van der Waals surface area contributed by atoms with Crippen molar-refractivity contribution in [2.24, 2.45) is 0 Å². The molecule has 1 atom stereocenters. The van der Waals surface area contributed by atoms with Crippen LogP contribution >= 0.6 is 0 Å². The van der Waals surface area contributed by atoms with Crippen LogP contribution in [0.15, 0.2) is 18.2 Å².